The second-order valence-electron chi connectivity index (χ2n) is 2.59. The highest BCUT2D eigenvalue weighted by atomic mass is 16.5. The van der Waals surface area contributed by atoms with Crippen molar-refractivity contribution in [2.45, 2.75) is 0 Å². The summed E-state index contributed by atoms with van der Waals surface area (Å²) in [7, 11) is 0. The Balaban J connectivity index is 3.14. The molecule has 0 aliphatic heterocycles. The van der Waals surface area contributed by atoms with E-state index in [2.05, 4.69) is 0 Å². The molecule has 0 aliphatic carbocycles. The fraction of sp³-hybridized carbons (Fsp3) is 0.750. The first kappa shape index (κ1) is 13.2. The number of nitrogens with two attached hydrogens (primary N) is 2. The van der Waals surface area contributed by atoms with Gasteiger partial charge in [-0.15, -0.1) is 0 Å². The second-order valence-corrected chi connectivity index (χ2v) is 2.59. The van der Waals surface area contributed by atoms with Gasteiger partial charge >= 0.3 is 0 Å². The van der Waals surface area contributed by atoms with Crippen LogP contribution in [0.1, 0.15) is 0 Å². The molecule has 0 aromatic rings. The van der Waals surface area contributed by atoms with Crippen molar-refractivity contribution >= 4 is 11.6 Å². The van der Waals surface area contributed by atoms with Crippen LogP contribution in [0.2, 0.25) is 0 Å². The Bertz CT molecular complexity index is 164. The summed E-state index contributed by atoms with van der Waals surface area (Å²) in [5.74, 6) is -0.328. The molecule has 4 N–H and O–H groups in total. The predicted molar refractivity (Wildman–Crippen MR) is 49.8 cm³/mol. The molecule has 0 saturated heterocycles. The lowest BCUT2D eigenvalue weighted by Crippen LogP contribution is -2.22. The van der Waals surface area contributed by atoms with Crippen molar-refractivity contribution in [3.05, 3.63) is 0 Å². The van der Waals surface area contributed by atoms with Gasteiger partial charge < -0.3 is 20.9 Å². The van der Waals surface area contributed by atoms with Crippen LogP contribution in [-0.2, 0) is 19.1 Å². The zero-order chi connectivity index (χ0) is 10.8. The smallest absolute Gasteiger partial charge is 0.171 e. The van der Waals surface area contributed by atoms with E-state index >= 15 is 0 Å². The monoisotopic (exact) mass is 204 g/mol. The number of carbonyl (C=O) groups excluding carboxylic acids is 2. The zero-order valence-electron chi connectivity index (χ0n) is 8.03. The van der Waals surface area contributed by atoms with E-state index in [1.165, 1.54) is 0 Å². The highest BCUT2D eigenvalue weighted by Gasteiger charge is 1.99. The van der Waals surface area contributed by atoms with Crippen LogP contribution in [0.5, 0.6) is 0 Å². The van der Waals surface area contributed by atoms with Crippen LogP contribution in [-0.4, -0.2) is 51.1 Å². The highest BCUT2D eigenvalue weighted by Crippen LogP contribution is 1.80. The summed E-state index contributed by atoms with van der Waals surface area (Å²) < 4.78 is 9.81. The van der Waals surface area contributed by atoms with Gasteiger partial charge in [-0.3, -0.25) is 9.59 Å². The number of rotatable bonds is 9. The molecule has 0 heterocycles. The molecule has 0 aliphatic rings. The molecule has 14 heavy (non-hydrogen) atoms. The first-order valence-electron chi connectivity index (χ1n) is 4.29. The topological polar surface area (TPSA) is 105 Å². The van der Waals surface area contributed by atoms with E-state index in [4.69, 9.17) is 20.9 Å². The molecule has 6 heteroatoms. The normalized spacial score (nSPS) is 10.1. The van der Waals surface area contributed by atoms with Gasteiger partial charge in [0.05, 0.1) is 26.3 Å². The Morgan fingerprint density at radius 1 is 0.857 bits per heavy atom. The SMILES string of the molecule is NCC(=O)COCCOCC(=O)CN. The molecule has 0 amide bonds. The summed E-state index contributed by atoms with van der Waals surface area (Å²) in [6, 6.07) is 0. The van der Waals surface area contributed by atoms with E-state index in [9.17, 15) is 9.59 Å². The van der Waals surface area contributed by atoms with Gasteiger partial charge in [0, 0.05) is 0 Å². The van der Waals surface area contributed by atoms with Gasteiger partial charge in [-0.2, -0.15) is 0 Å². The summed E-state index contributed by atoms with van der Waals surface area (Å²) in [4.78, 5) is 21.3. The molecule has 0 aromatic carbocycles. The summed E-state index contributed by atoms with van der Waals surface area (Å²) >= 11 is 0. The molecule has 82 valence electrons. The van der Waals surface area contributed by atoms with E-state index in [0.717, 1.165) is 0 Å². The summed E-state index contributed by atoms with van der Waals surface area (Å²) in [5.41, 5.74) is 10.1. The number of hydrogen-bond acceptors (Lipinski definition) is 6. The number of ether oxygens (including phenoxy) is 2. The third kappa shape index (κ3) is 7.81. The summed E-state index contributed by atoms with van der Waals surface area (Å²) in [6.07, 6.45) is 0. The van der Waals surface area contributed by atoms with Crippen LogP contribution in [0.15, 0.2) is 0 Å². The van der Waals surface area contributed by atoms with Crippen molar-refractivity contribution in [3.63, 3.8) is 0 Å². The lowest BCUT2D eigenvalue weighted by molar-refractivity contribution is -0.125. The van der Waals surface area contributed by atoms with Gasteiger partial charge in [-0.25, -0.2) is 0 Å². The van der Waals surface area contributed by atoms with Gasteiger partial charge in [0.25, 0.3) is 0 Å². The van der Waals surface area contributed by atoms with Gasteiger partial charge in [-0.05, 0) is 0 Å². The molecule has 0 spiro atoms. The molecule has 6 nitrogen and oxygen atoms in total. The molecule has 0 bridgehead atoms. The van der Waals surface area contributed by atoms with Gasteiger partial charge in [0.1, 0.15) is 13.2 Å². The molecule has 0 aromatic heterocycles. The molecule has 0 unspecified atom stereocenters. The van der Waals surface area contributed by atoms with Crippen molar-refractivity contribution in [1.29, 1.82) is 0 Å². The van der Waals surface area contributed by atoms with E-state index in [1.54, 1.807) is 0 Å². The Hall–Kier alpha value is -0.820. The third-order valence-electron chi connectivity index (χ3n) is 1.35. The van der Waals surface area contributed by atoms with Crippen molar-refractivity contribution in [2.24, 2.45) is 11.5 Å². The number of carbonyl (C=O) groups is 2. The Morgan fingerprint density at radius 2 is 1.21 bits per heavy atom. The highest BCUT2D eigenvalue weighted by molar-refractivity contribution is 5.81. The van der Waals surface area contributed by atoms with Crippen molar-refractivity contribution in [2.75, 3.05) is 39.5 Å². The maximum absolute atomic E-state index is 10.6. The minimum atomic E-state index is -0.164. The molecule has 0 radical (unpaired) electrons. The van der Waals surface area contributed by atoms with Crippen LogP contribution in [0.3, 0.4) is 0 Å². The third-order valence-corrected chi connectivity index (χ3v) is 1.35. The minimum Gasteiger partial charge on any atom is -0.371 e. The molecule has 0 atom stereocenters. The van der Waals surface area contributed by atoms with Crippen molar-refractivity contribution in [1.82, 2.24) is 0 Å². The van der Waals surface area contributed by atoms with Gasteiger partial charge in [0.15, 0.2) is 11.6 Å². The van der Waals surface area contributed by atoms with Crippen LogP contribution in [0.25, 0.3) is 0 Å². The molecular formula is C8H16N2O4. The molecular weight excluding hydrogens is 188 g/mol. The Labute approximate surface area is 82.5 Å². The average Bonchev–Trinajstić information content (AvgIpc) is 2.22. The standard InChI is InChI=1S/C8H16N2O4/c9-3-7(11)5-13-1-2-14-6-8(12)4-10/h1-6,9-10H2. The summed E-state index contributed by atoms with van der Waals surface area (Å²) in [6.45, 7) is 0.474. The van der Waals surface area contributed by atoms with E-state index < -0.39 is 0 Å². The van der Waals surface area contributed by atoms with Crippen LogP contribution in [0.4, 0.5) is 0 Å². The van der Waals surface area contributed by atoms with E-state index in [1.807, 2.05) is 0 Å². The first-order valence-corrected chi connectivity index (χ1v) is 4.29. The lowest BCUT2D eigenvalue weighted by atomic mass is 10.4. The average molecular weight is 204 g/mol. The van der Waals surface area contributed by atoms with Crippen molar-refractivity contribution < 1.29 is 19.1 Å². The minimum absolute atomic E-state index is 0.00923. The Kier molecular flexibility index (Phi) is 8.25. The molecule has 0 rings (SSSR count). The number of hydrogen-bond donors (Lipinski definition) is 2. The van der Waals surface area contributed by atoms with Crippen molar-refractivity contribution in [3.8, 4) is 0 Å². The van der Waals surface area contributed by atoms with E-state index in [0.29, 0.717) is 0 Å². The van der Waals surface area contributed by atoms with Crippen LogP contribution in [0, 0.1) is 0 Å². The lowest BCUT2D eigenvalue weighted by Gasteiger charge is -2.03. The van der Waals surface area contributed by atoms with Crippen LogP contribution >= 0.6 is 0 Å². The maximum atomic E-state index is 10.6. The predicted octanol–water partition coefficient (Wildman–Crippen LogP) is -1.92. The fourth-order valence-electron chi connectivity index (χ4n) is 0.608. The Morgan fingerprint density at radius 3 is 1.50 bits per heavy atom. The number of Topliss-reactive ketones (excluding diaryl/α,β-unsaturated/α-hetero) is 2. The van der Waals surface area contributed by atoms with Crippen LogP contribution < -0.4 is 11.5 Å². The second kappa shape index (κ2) is 8.76. The van der Waals surface area contributed by atoms with E-state index in [-0.39, 0.29) is 51.1 Å². The van der Waals surface area contributed by atoms with Gasteiger partial charge in [0.2, 0.25) is 0 Å². The van der Waals surface area contributed by atoms with Gasteiger partial charge in [-0.1, -0.05) is 0 Å². The maximum Gasteiger partial charge on any atom is 0.171 e. The molecule has 0 fully saturated rings. The quantitative estimate of drug-likeness (QED) is 0.424. The largest absolute Gasteiger partial charge is 0.371 e. The number of ketones is 2. The summed E-state index contributed by atoms with van der Waals surface area (Å²) in [5, 5.41) is 0. The zero-order valence-corrected chi connectivity index (χ0v) is 8.03. The first-order chi connectivity index (χ1) is 6.70. The fourth-order valence-corrected chi connectivity index (χ4v) is 0.608. The molecule has 0 saturated carbocycles.